The maximum absolute atomic E-state index is 13.3. The topological polar surface area (TPSA) is 48.5 Å². The Morgan fingerprint density at radius 3 is 2.70 bits per heavy atom. The van der Waals surface area contributed by atoms with Crippen LogP contribution in [-0.4, -0.2) is 49.0 Å². The zero-order valence-electron chi connectivity index (χ0n) is 16.0. The van der Waals surface area contributed by atoms with Gasteiger partial charge in [-0.25, -0.2) is 9.37 Å². The van der Waals surface area contributed by atoms with Crippen molar-refractivity contribution in [2.75, 3.05) is 38.1 Å². The maximum atomic E-state index is 13.3. The monoisotopic (exact) mass is 370 g/mol. The third-order valence-corrected chi connectivity index (χ3v) is 4.98. The van der Waals surface area contributed by atoms with E-state index in [4.69, 9.17) is 0 Å². The van der Waals surface area contributed by atoms with Crippen molar-refractivity contribution in [2.24, 2.45) is 5.92 Å². The Labute approximate surface area is 160 Å². The van der Waals surface area contributed by atoms with Crippen LogP contribution in [0.2, 0.25) is 0 Å². The summed E-state index contributed by atoms with van der Waals surface area (Å²) in [4.78, 5) is 21.4. The molecule has 1 amide bonds. The summed E-state index contributed by atoms with van der Waals surface area (Å²) < 4.78 is 13.3. The minimum absolute atomic E-state index is 0.0304. The number of amides is 1. The number of benzene rings is 1. The molecule has 0 spiro atoms. The summed E-state index contributed by atoms with van der Waals surface area (Å²) >= 11 is 0. The van der Waals surface area contributed by atoms with Crippen molar-refractivity contribution < 1.29 is 9.18 Å². The molecule has 1 fully saturated rings. The molecule has 1 atom stereocenters. The lowest BCUT2D eigenvalue weighted by atomic mass is 10.0. The van der Waals surface area contributed by atoms with Gasteiger partial charge in [0.25, 0.3) is 0 Å². The summed E-state index contributed by atoms with van der Waals surface area (Å²) in [6.45, 7) is 6.31. The Balaban J connectivity index is 1.53. The number of carbonyl (C=O) groups excluding carboxylic acids is 1. The highest BCUT2D eigenvalue weighted by molar-refractivity contribution is 5.78. The predicted octanol–water partition coefficient (Wildman–Crippen LogP) is 2.47. The molecular weight excluding hydrogens is 343 g/mol. The average molecular weight is 370 g/mol. The van der Waals surface area contributed by atoms with Crippen LogP contribution in [0.4, 0.5) is 10.2 Å². The number of rotatable bonds is 6. The first-order chi connectivity index (χ1) is 13.0. The van der Waals surface area contributed by atoms with Crippen molar-refractivity contribution in [1.82, 2.24) is 15.2 Å². The van der Waals surface area contributed by atoms with E-state index in [0.29, 0.717) is 13.0 Å². The number of carbonyl (C=O) groups is 1. The van der Waals surface area contributed by atoms with E-state index in [0.717, 1.165) is 43.1 Å². The smallest absolute Gasteiger partial charge is 0.223 e. The molecule has 144 valence electrons. The van der Waals surface area contributed by atoms with Crippen molar-refractivity contribution in [2.45, 2.75) is 19.9 Å². The van der Waals surface area contributed by atoms with Crippen LogP contribution in [-0.2, 0) is 17.8 Å². The first-order valence-corrected chi connectivity index (χ1v) is 9.42. The van der Waals surface area contributed by atoms with Crippen LogP contribution in [0.15, 0.2) is 42.6 Å². The van der Waals surface area contributed by atoms with Crippen molar-refractivity contribution in [3.63, 3.8) is 0 Å². The minimum Gasteiger partial charge on any atom is -0.354 e. The number of aromatic nitrogens is 1. The van der Waals surface area contributed by atoms with E-state index >= 15 is 0 Å². The van der Waals surface area contributed by atoms with Gasteiger partial charge in [0.1, 0.15) is 11.6 Å². The van der Waals surface area contributed by atoms with Gasteiger partial charge in [-0.05, 0) is 48.9 Å². The van der Waals surface area contributed by atoms with E-state index in [1.165, 1.54) is 12.1 Å². The molecule has 5 nitrogen and oxygen atoms in total. The fourth-order valence-corrected chi connectivity index (χ4v) is 3.25. The van der Waals surface area contributed by atoms with Gasteiger partial charge in [-0.1, -0.05) is 19.1 Å². The van der Waals surface area contributed by atoms with Gasteiger partial charge < -0.3 is 15.1 Å². The maximum Gasteiger partial charge on any atom is 0.223 e. The number of halogens is 1. The van der Waals surface area contributed by atoms with Gasteiger partial charge in [0.05, 0.1) is 0 Å². The third kappa shape index (κ3) is 5.50. The quantitative estimate of drug-likeness (QED) is 0.849. The highest BCUT2D eigenvalue weighted by atomic mass is 19.1. The largest absolute Gasteiger partial charge is 0.354 e. The van der Waals surface area contributed by atoms with Crippen molar-refractivity contribution >= 4 is 11.7 Å². The van der Waals surface area contributed by atoms with E-state index in [9.17, 15) is 9.18 Å². The van der Waals surface area contributed by atoms with Crippen LogP contribution in [0.25, 0.3) is 0 Å². The van der Waals surface area contributed by atoms with Crippen LogP contribution in [0.3, 0.4) is 0 Å². The molecule has 1 aliphatic heterocycles. The minimum atomic E-state index is -0.270. The van der Waals surface area contributed by atoms with Gasteiger partial charge in [-0.15, -0.1) is 0 Å². The fourth-order valence-electron chi connectivity index (χ4n) is 3.25. The van der Waals surface area contributed by atoms with Gasteiger partial charge in [-0.3, -0.25) is 4.79 Å². The second-order valence-corrected chi connectivity index (χ2v) is 7.27. The number of nitrogens with one attached hydrogen (secondary N) is 1. The number of likely N-dealkylation sites (N-methyl/N-ethyl adjacent to an activating group) is 1. The molecule has 3 rings (SSSR count). The first kappa shape index (κ1) is 19.3. The summed E-state index contributed by atoms with van der Waals surface area (Å²) in [5, 5.41) is 2.98. The van der Waals surface area contributed by atoms with Gasteiger partial charge in [-0.2, -0.15) is 0 Å². The fraction of sp³-hybridized carbons (Fsp3) is 0.429. The Morgan fingerprint density at radius 2 is 1.96 bits per heavy atom. The van der Waals surface area contributed by atoms with E-state index in [2.05, 4.69) is 27.1 Å². The molecule has 2 aromatic rings. The number of nitrogens with zero attached hydrogens (tertiary/aromatic N) is 3. The molecule has 1 saturated heterocycles. The summed E-state index contributed by atoms with van der Waals surface area (Å²) in [5.74, 6) is 0.443. The molecule has 1 N–H and O–H groups in total. The molecule has 0 aliphatic carbocycles. The van der Waals surface area contributed by atoms with Crippen molar-refractivity contribution in [3.8, 4) is 0 Å². The van der Waals surface area contributed by atoms with Crippen LogP contribution in [0.5, 0.6) is 0 Å². The average Bonchev–Trinajstić information content (AvgIpc) is 2.67. The molecule has 0 radical (unpaired) electrons. The SMILES string of the molecule is CC(Cc1cccc(F)c1)C(=O)NCc1ccnc(N2CCN(C)CC2)c1. The van der Waals surface area contributed by atoms with Gasteiger partial charge >= 0.3 is 0 Å². The summed E-state index contributed by atoms with van der Waals surface area (Å²) in [5.41, 5.74) is 1.86. The van der Waals surface area contributed by atoms with Crippen molar-refractivity contribution in [1.29, 1.82) is 0 Å². The zero-order valence-corrected chi connectivity index (χ0v) is 16.0. The van der Waals surface area contributed by atoms with Gasteiger partial charge in [0.15, 0.2) is 0 Å². The Morgan fingerprint density at radius 1 is 1.19 bits per heavy atom. The Kier molecular flexibility index (Phi) is 6.40. The molecule has 6 heteroatoms. The Hall–Kier alpha value is -2.47. The number of hydrogen-bond donors (Lipinski definition) is 1. The van der Waals surface area contributed by atoms with E-state index in [1.807, 2.05) is 25.1 Å². The molecule has 27 heavy (non-hydrogen) atoms. The lowest BCUT2D eigenvalue weighted by molar-refractivity contribution is -0.124. The van der Waals surface area contributed by atoms with Crippen LogP contribution in [0.1, 0.15) is 18.1 Å². The molecule has 2 heterocycles. The number of anilines is 1. The van der Waals surface area contributed by atoms with Gasteiger partial charge in [0, 0.05) is 44.8 Å². The van der Waals surface area contributed by atoms with E-state index in [1.54, 1.807) is 12.3 Å². The molecule has 1 aromatic carbocycles. The lowest BCUT2D eigenvalue weighted by Crippen LogP contribution is -2.44. The molecular formula is C21H27FN4O. The van der Waals surface area contributed by atoms with E-state index in [-0.39, 0.29) is 17.6 Å². The lowest BCUT2D eigenvalue weighted by Gasteiger charge is -2.33. The van der Waals surface area contributed by atoms with Crippen molar-refractivity contribution in [3.05, 3.63) is 59.5 Å². The number of hydrogen-bond acceptors (Lipinski definition) is 4. The van der Waals surface area contributed by atoms with Gasteiger partial charge in [0.2, 0.25) is 5.91 Å². The molecule has 1 aliphatic rings. The molecule has 0 saturated carbocycles. The normalized spacial score (nSPS) is 16.2. The molecule has 1 unspecified atom stereocenters. The number of pyridine rings is 1. The number of piperazine rings is 1. The van der Waals surface area contributed by atoms with Crippen LogP contribution < -0.4 is 10.2 Å². The standard InChI is InChI=1S/C21H27FN4O/c1-16(12-17-4-3-5-19(22)13-17)21(27)24-15-18-6-7-23-20(14-18)26-10-8-25(2)9-11-26/h3-7,13-14,16H,8-12,15H2,1-2H3,(H,24,27). The molecule has 0 bridgehead atoms. The highest BCUT2D eigenvalue weighted by Crippen LogP contribution is 2.15. The van der Waals surface area contributed by atoms with Crippen LogP contribution in [0, 0.1) is 11.7 Å². The second-order valence-electron chi connectivity index (χ2n) is 7.27. The first-order valence-electron chi connectivity index (χ1n) is 9.42. The second kappa shape index (κ2) is 8.95. The summed E-state index contributed by atoms with van der Waals surface area (Å²) in [7, 11) is 2.13. The van der Waals surface area contributed by atoms with Crippen LogP contribution >= 0.6 is 0 Å². The highest BCUT2D eigenvalue weighted by Gasteiger charge is 2.16. The van der Waals surface area contributed by atoms with E-state index < -0.39 is 0 Å². The summed E-state index contributed by atoms with van der Waals surface area (Å²) in [6, 6.07) is 10.4. The zero-order chi connectivity index (χ0) is 19.2. The third-order valence-electron chi connectivity index (χ3n) is 4.98. The molecule has 1 aromatic heterocycles. The predicted molar refractivity (Wildman–Crippen MR) is 105 cm³/mol. The Bertz CT molecular complexity index is 774. The summed E-state index contributed by atoms with van der Waals surface area (Å²) in [6.07, 6.45) is 2.32.